The van der Waals surface area contributed by atoms with E-state index in [9.17, 15) is 9.59 Å². The zero-order chi connectivity index (χ0) is 25.0. The number of rotatable bonds is 5. The van der Waals surface area contributed by atoms with Gasteiger partial charge >= 0.3 is 0 Å². The Morgan fingerprint density at radius 1 is 1.17 bits per heavy atom. The topological polar surface area (TPSA) is 89.3 Å². The zero-order valence-corrected chi connectivity index (χ0v) is 21.1. The number of fused-ring (bicyclic) bond motifs is 3. The van der Waals surface area contributed by atoms with E-state index in [0.717, 1.165) is 42.7 Å². The molecule has 0 radical (unpaired) electrons. The number of benzene rings is 1. The van der Waals surface area contributed by atoms with Crippen molar-refractivity contribution in [2.45, 2.75) is 46.1 Å². The van der Waals surface area contributed by atoms with E-state index < -0.39 is 0 Å². The Labute approximate surface area is 205 Å². The molecule has 2 amide bonds. The predicted molar refractivity (Wildman–Crippen MR) is 135 cm³/mol. The minimum Gasteiger partial charge on any atom is -0.375 e. The number of nitrogens with one attached hydrogen (secondary N) is 1. The molecule has 1 N–H and O–H groups in total. The van der Waals surface area contributed by atoms with Crippen molar-refractivity contribution in [3.05, 3.63) is 42.2 Å². The Morgan fingerprint density at radius 3 is 2.63 bits per heavy atom. The third-order valence-corrected chi connectivity index (χ3v) is 7.37. The largest absolute Gasteiger partial charge is 0.375 e. The average molecular weight is 476 g/mol. The van der Waals surface area contributed by atoms with Crippen LogP contribution in [-0.2, 0) is 16.6 Å². The lowest BCUT2D eigenvalue weighted by molar-refractivity contribution is -0.119. The van der Waals surface area contributed by atoms with Crippen molar-refractivity contribution in [2.75, 3.05) is 25.6 Å². The number of aromatic nitrogens is 3. The van der Waals surface area contributed by atoms with Crippen molar-refractivity contribution < 1.29 is 14.3 Å². The molecule has 1 aromatic carbocycles. The summed E-state index contributed by atoms with van der Waals surface area (Å²) in [5.74, 6) is 0.459. The van der Waals surface area contributed by atoms with Crippen LogP contribution in [0.2, 0.25) is 0 Å². The molecule has 0 unspecified atom stereocenters. The number of carbonyl (C=O) groups is 2. The number of likely N-dealkylation sites (tertiary alicyclic amines) is 1. The predicted octanol–water partition coefficient (Wildman–Crippen LogP) is 4.26. The van der Waals surface area contributed by atoms with Gasteiger partial charge in [-0.2, -0.15) is 0 Å². The fourth-order valence-corrected chi connectivity index (χ4v) is 6.53. The van der Waals surface area contributed by atoms with Crippen LogP contribution in [0.1, 0.15) is 50.4 Å². The number of ether oxygens (including phenoxy) is 1. The van der Waals surface area contributed by atoms with Crippen LogP contribution in [0.3, 0.4) is 0 Å². The third-order valence-electron chi connectivity index (χ3n) is 7.37. The van der Waals surface area contributed by atoms with Gasteiger partial charge in [0, 0.05) is 50.4 Å². The van der Waals surface area contributed by atoms with Gasteiger partial charge in [-0.1, -0.05) is 20.8 Å². The normalized spacial score (nSPS) is 23.0. The molecule has 3 heterocycles. The molecule has 2 aromatic heterocycles. The standard InChI is InChI=1S/C27H33N5O3/c1-26(2)12-19-13-27(3,15-26)16-32(19)25(34)20-10-18(29-22(33)14-35-5)11-21-23(20)31(4)24(30-21)17-6-8-28-9-7-17/h6-11,19H,12-16H2,1-5H3,(H,29,33)/t19-,27-/m1/s1. The Bertz CT molecular complexity index is 1300. The van der Waals surface area contributed by atoms with Gasteiger partial charge in [0.2, 0.25) is 5.91 Å². The fourth-order valence-electron chi connectivity index (χ4n) is 6.53. The molecule has 8 nitrogen and oxygen atoms in total. The smallest absolute Gasteiger partial charge is 0.256 e. The number of carbonyl (C=O) groups excluding carboxylic acids is 2. The van der Waals surface area contributed by atoms with E-state index >= 15 is 0 Å². The van der Waals surface area contributed by atoms with Gasteiger partial charge in [0.1, 0.15) is 12.4 Å². The maximum Gasteiger partial charge on any atom is 0.256 e. The van der Waals surface area contributed by atoms with Crippen LogP contribution in [0.5, 0.6) is 0 Å². The van der Waals surface area contributed by atoms with E-state index in [0.29, 0.717) is 16.8 Å². The van der Waals surface area contributed by atoms with E-state index in [-0.39, 0.29) is 35.3 Å². The molecule has 184 valence electrons. The van der Waals surface area contributed by atoms with Gasteiger partial charge in [-0.15, -0.1) is 0 Å². The lowest BCUT2D eigenvalue weighted by Crippen LogP contribution is -2.38. The first kappa shape index (κ1) is 23.5. The number of hydrogen-bond acceptors (Lipinski definition) is 5. The summed E-state index contributed by atoms with van der Waals surface area (Å²) in [6.07, 6.45) is 6.59. The molecule has 2 bridgehead atoms. The van der Waals surface area contributed by atoms with Crippen molar-refractivity contribution in [1.29, 1.82) is 0 Å². The Hall–Kier alpha value is -3.26. The Kier molecular flexibility index (Phi) is 5.67. The second-order valence-corrected chi connectivity index (χ2v) is 11.2. The molecule has 5 rings (SSSR count). The summed E-state index contributed by atoms with van der Waals surface area (Å²) in [6, 6.07) is 7.61. The van der Waals surface area contributed by atoms with Crippen LogP contribution < -0.4 is 5.32 Å². The lowest BCUT2D eigenvalue weighted by atomic mass is 9.65. The highest BCUT2D eigenvalue weighted by atomic mass is 16.5. The van der Waals surface area contributed by atoms with E-state index in [4.69, 9.17) is 9.72 Å². The third kappa shape index (κ3) is 4.31. The maximum atomic E-state index is 14.2. The number of amides is 2. The minimum absolute atomic E-state index is 0.00598. The van der Waals surface area contributed by atoms with Crippen LogP contribution >= 0.6 is 0 Å². The number of nitrogens with zero attached hydrogens (tertiary/aromatic N) is 4. The summed E-state index contributed by atoms with van der Waals surface area (Å²) in [4.78, 5) is 37.5. The van der Waals surface area contributed by atoms with Crippen LogP contribution in [0.25, 0.3) is 22.4 Å². The number of hydrogen-bond donors (Lipinski definition) is 1. The number of pyridine rings is 1. The molecule has 1 saturated carbocycles. The first-order valence-electron chi connectivity index (χ1n) is 12.1. The van der Waals surface area contributed by atoms with Gasteiger partial charge in [0.05, 0.1) is 16.6 Å². The van der Waals surface area contributed by atoms with Crippen molar-refractivity contribution in [3.63, 3.8) is 0 Å². The van der Waals surface area contributed by atoms with E-state index in [1.807, 2.05) is 29.8 Å². The van der Waals surface area contributed by atoms with Crippen molar-refractivity contribution in [3.8, 4) is 11.4 Å². The number of imidazole rings is 1. The highest BCUT2D eigenvalue weighted by Crippen LogP contribution is 2.53. The molecule has 1 aliphatic carbocycles. The summed E-state index contributed by atoms with van der Waals surface area (Å²) < 4.78 is 6.93. The first-order valence-corrected chi connectivity index (χ1v) is 12.1. The summed E-state index contributed by atoms with van der Waals surface area (Å²) >= 11 is 0. The van der Waals surface area contributed by atoms with Crippen LogP contribution in [-0.4, -0.2) is 57.6 Å². The molecule has 0 spiro atoms. The molecule has 2 fully saturated rings. The van der Waals surface area contributed by atoms with Crippen molar-refractivity contribution in [2.24, 2.45) is 17.9 Å². The second kappa shape index (κ2) is 8.45. The lowest BCUT2D eigenvalue weighted by Gasteiger charge is -2.39. The molecule has 3 aromatic rings. The van der Waals surface area contributed by atoms with Gasteiger partial charge in [0.15, 0.2) is 0 Å². The minimum atomic E-state index is -0.276. The molecule has 8 heteroatoms. The van der Waals surface area contributed by atoms with Crippen LogP contribution in [0.4, 0.5) is 5.69 Å². The van der Waals surface area contributed by atoms with Gasteiger partial charge in [0.25, 0.3) is 5.91 Å². The van der Waals surface area contributed by atoms with Crippen LogP contribution in [0.15, 0.2) is 36.7 Å². The Morgan fingerprint density at radius 2 is 1.91 bits per heavy atom. The van der Waals surface area contributed by atoms with Crippen molar-refractivity contribution >= 4 is 28.5 Å². The van der Waals surface area contributed by atoms with Gasteiger partial charge in [-0.3, -0.25) is 14.6 Å². The Balaban J connectivity index is 1.62. The van der Waals surface area contributed by atoms with E-state index in [1.165, 1.54) is 7.11 Å². The first-order chi connectivity index (χ1) is 16.6. The summed E-state index contributed by atoms with van der Waals surface area (Å²) in [5.41, 5.74) is 3.76. The fraction of sp³-hybridized carbons (Fsp3) is 0.481. The van der Waals surface area contributed by atoms with Gasteiger partial charge in [-0.05, 0) is 54.4 Å². The van der Waals surface area contributed by atoms with Gasteiger partial charge < -0.3 is 19.5 Å². The van der Waals surface area contributed by atoms with Crippen LogP contribution in [0, 0.1) is 10.8 Å². The summed E-state index contributed by atoms with van der Waals surface area (Å²) in [5, 5.41) is 2.86. The monoisotopic (exact) mass is 475 g/mol. The van der Waals surface area contributed by atoms with E-state index in [2.05, 4.69) is 36.0 Å². The quantitative estimate of drug-likeness (QED) is 0.596. The van der Waals surface area contributed by atoms with E-state index in [1.54, 1.807) is 18.5 Å². The molecule has 1 aliphatic heterocycles. The molecule has 2 aliphatic rings. The average Bonchev–Trinajstić information content (AvgIpc) is 3.25. The van der Waals surface area contributed by atoms with Crippen molar-refractivity contribution in [1.82, 2.24) is 19.4 Å². The highest BCUT2D eigenvalue weighted by Gasteiger charge is 2.51. The maximum absolute atomic E-state index is 14.2. The molecular formula is C27H33N5O3. The molecule has 1 saturated heterocycles. The summed E-state index contributed by atoms with van der Waals surface area (Å²) in [7, 11) is 3.41. The number of methoxy groups -OCH3 is 1. The second-order valence-electron chi connectivity index (χ2n) is 11.2. The van der Waals surface area contributed by atoms with Gasteiger partial charge in [-0.25, -0.2) is 4.98 Å². The molecule has 2 atom stereocenters. The zero-order valence-electron chi connectivity index (χ0n) is 21.1. The summed E-state index contributed by atoms with van der Waals surface area (Å²) in [6.45, 7) is 7.59. The number of aryl methyl sites for hydroxylation is 1. The SMILES string of the molecule is COCC(=O)Nc1cc(C(=O)N2C[C@]3(C)C[C@H]2CC(C)(C)C3)c2c(c1)nc(-c1ccncc1)n2C. The molecular weight excluding hydrogens is 442 g/mol. The molecule has 35 heavy (non-hydrogen) atoms. The highest BCUT2D eigenvalue weighted by molar-refractivity contribution is 6.08. The number of anilines is 1.